The van der Waals surface area contributed by atoms with Crippen LogP contribution in [-0.2, 0) is 14.3 Å². The third kappa shape index (κ3) is 29.7. The van der Waals surface area contributed by atoms with Crippen molar-refractivity contribution in [3.8, 4) is 0 Å². The molecule has 7 atom stereocenters. The van der Waals surface area contributed by atoms with Crippen LogP contribution in [0.4, 0.5) is 0 Å². The molecule has 2 unspecified atom stereocenters. The first-order valence-electron chi connectivity index (χ1n) is 24.4. The van der Waals surface area contributed by atoms with E-state index in [-0.39, 0.29) is 12.5 Å². The van der Waals surface area contributed by atoms with Crippen molar-refractivity contribution in [2.75, 3.05) is 13.2 Å². The zero-order valence-electron chi connectivity index (χ0n) is 37.1. The zero-order valence-corrected chi connectivity index (χ0v) is 37.1. The van der Waals surface area contributed by atoms with Gasteiger partial charge in [-0.05, 0) is 19.3 Å². The molecule has 1 amide bonds. The Balaban J connectivity index is 2.23. The number of nitrogens with one attached hydrogen (secondary N) is 1. The van der Waals surface area contributed by atoms with Gasteiger partial charge in [-0.2, -0.15) is 0 Å². The Morgan fingerprint density at radius 1 is 0.579 bits per heavy atom. The van der Waals surface area contributed by atoms with Gasteiger partial charge in [0.05, 0.1) is 25.4 Å². The second-order valence-corrected chi connectivity index (χ2v) is 17.3. The number of aliphatic hydroxyl groups is 5. The van der Waals surface area contributed by atoms with E-state index in [0.29, 0.717) is 6.42 Å². The van der Waals surface area contributed by atoms with Gasteiger partial charge in [-0.1, -0.05) is 219 Å². The number of rotatable bonds is 41. The van der Waals surface area contributed by atoms with Gasteiger partial charge in [0.2, 0.25) is 5.91 Å². The first-order valence-corrected chi connectivity index (χ1v) is 24.4. The highest BCUT2D eigenvalue weighted by Gasteiger charge is 2.44. The van der Waals surface area contributed by atoms with Gasteiger partial charge in [-0.3, -0.25) is 4.79 Å². The van der Waals surface area contributed by atoms with Crippen molar-refractivity contribution < 1.29 is 39.8 Å². The molecule has 1 heterocycles. The van der Waals surface area contributed by atoms with Crippen LogP contribution in [0.2, 0.25) is 0 Å². The molecule has 1 aliphatic heterocycles. The minimum absolute atomic E-state index is 0.174. The Hall–Kier alpha value is -1.07. The van der Waals surface area contributed by atoms with Crippen molar-refractivity contribution in [2.24, 2.45) is 0 Å². The van der Waals surface area contributed by atoms with E-state index in [9.17, 15) is 30.3 Å². The molecule has 0 aromatic carbocycles. The summed E-state index contributed by atoms with van der Waals surface area (Å²) in [7, 11) is 0. The lowest BCUT2D eigenvalue weighted by molar-refractivity contribution is -0.302. The van der Waals surface area contributed by atoms with Gasteiger partial charge in [0.15, 0.2) is 6.29 Å². The first kappa shape index (κ1) is 53.9. The predicted octanol–water partition coefficient (Wildman–Crippen LogP) is 10.5. The molecular formula is C48H93NO8. The summed E-state index contributed by atoms with van der Waals surface area (Å²) in [5.74, 6) is -0.174. The quantitative estimate of drug-likeness (QED) is 0.0264. The van der Waals surface area contributed by atoms with Crippen LogP contribution in [0.3, 0.4) is 0 Å². The summed E-state index contributed by atoms with van der Waals surface area (Å²) in [6.07, 6.45) is 38.4. The SMILES string of the molecule is CCCCCCCCCCC/C=C/[C@@H](O)[C@H](CO[C@@H]1O[C@H](CO)[C@@H](O)C(O)C1O)NC(=O)CCCCCCCCCCCCCCCCCCCCCCCCC. The van der Waals surface area contributed by atoms with Crippen LogP contribution in [0.5, 0.6) is 0 Å². The van der Waals surface area contributed by atoms with E-state index in [0.717, 1.165) is 38.5 Å². The maximum atomic E-state index is 13.0. The predicted molar refractivity (Wildman–Crippen MR) is 235 cm³/mol. The highest BCUT2D eigenvalue weighted by Crippen LogP contribution is 2.23. The maximum absolute atomic E-state index is 13.0. The standard InChI is InChI=1S/C48H93NO8/c1-3-5-7-9-11-13-15-16-17-18-19-20-21-22-23-24-25-26-28-30-32-34-36-38-44(52)49-41(40-56-48-47(55)46(54)45(53)43(39-50)57-48)42(51)37-35-33-31-29-27-14-12-10-8-6-4-2/h35,37,41-43,45-48,50-51,53-55H,3-34,36,38-40H2,1-2H3,(H,49,52)/b37-35+/t41-,42+,43+,45+,46?,47?,48+/m0/s1. The van der Waals surface area contributed by atoms with Crippen LogP contribution >= 0.6 is 0 Å². The molecule has 6 N–H and O–H groups in total. The molecule has 1 rings (SSSR count). The Bertz CT molecular complexity index is 904. The van der Waals surface area contributed by atoms with E-state index in [1.54, 1.807) is 6.08 Å². The number of aliphatic hydroxyl groups excluding tert-OH is 5. The number of allylic oxidation sites excluding steroid dienone is 1. The van der Waals surface area contributed by atoms with Crippen LogP contribution < -0.4 is 5.32 Å². The van der Waals surface area contributed by atoms with Crippen molar-refractivity contribution in [2.45, 2.75) is 275 Å². The molecule has 338 valence electrons. The number of carbonyl (C=O) groups is 1. The number of carbonyl (C=O) groups excluding carboxylic acids is 1. The molecule has 0 radical (unpaired) electrons. The third-order valence-electron chi connectivity index (χ3n) is 11.9. The minimum atomic E-state index is -1.56. The van der Waals surface area contributed by atoms with Gasteiger partial charge in [-0.15, -0.1) is 0 Å². The number of amides is 1. The van der Waals surface area contributed by atoms with Gasteiger partial charge in [0, 0.05) is 6.42 Å². The van der Waals surface area contributed by atoms with Crippen molar-refractivity contribution >= 4 is 5.91 Å². The van der Waals surface area contributed by atoms with Crippen LogP contribution in [0, 0.1) is 0 Å². The lowest BCUT2D eigenvalue weighted by atomic mass is 9.99. The van der Waals surface area contributed by atoms with Crippen molar-refractivity contribution in [1.82, 2.24) is 5.32 Å². The fourth-order valence-corrected chi connectivity index (χ4v) is 7.92. The fraction of sp³-hybridized carbons (Fsp3) is 0.938. The summed E-state index contributed by atoms with van der Waals surface area (Å²) in [6.45, 7) is 3.78. The smallest absolute Gasteiger partial charge is 0.220 e. The largest absolute Gasteiger partial charge is 0.394 e. The summed E-state index contributed by atoms with van der Waals surface area (Å²) in [5, 5.41) is 54.1. The molecule has 1 aliphatic rings. The average molecular weight is 812 g/mol. The normalized spacial score (nSPS) is 21.0. The molecule has 0 bridgehead atoms. The van der Waals surface area contributed by atoms with Crippen molar-refractivity contribution in [3.05, 3.63) is 12.2 Å². The Morgan fingerprint density at radius 3 is 1.37 bits per heavy atom. The number of ether oxygens (including phenoxy) is 2. The fourth-order valence-electron chi connectivity index (χ4n) is 7.92. The number of unbranched alkanes of at least 4 members (excludes halogenated alkanes) is 31. The molecule has 1 saturated heterocycles. The molecule has 57 heavy (non-hydrogen) atoms. The van der Waals surface area contributed by atoms with Crippen LogP contribution in [0.25, 0.3) is 0 Å². The molecule has 0 spiro atoms. The van der Waals surface area contributed by atoms with Gasteiger partial charge in [0.1, 0.15) is 24.4 Å². The second-order valence-electron chi connectivity index (χ2n) is 17.3. The lowest BCUT2D eigenvalue weighted by Crippen LogP contribution is -2.60. The molecular weight excluding hydrogens is 719 g/mol. The molecule has 0 aliphatic carbocycles. The first-order chi connectivity index (χ1) is 27.8. The monoisotopic (exact) mass is 812 g/mol. The van der Waals surface area contributed by atoms with E-state index in [1.165, 1.54) is 173 Å². The molecule has 0 aromatic rings. The molecule has 9 heteroatoms. The Morgan fingerprint density at radius 2 is 0.965 bits per heavy atom. The summed E-state index contributed by atoms with van der Waals surface area (Å²) < 4.78 is 11.2. The van der Waals surface area contributed by atoms with Gasteiger partial charge >= 0.3 is 0 Å². The van der Waals surface area contributed by atoms with E-state index in [1.807, 2.05) is 6.08 Å². The highest BCUT2D eigenvalue weighted by atomic mass is 16.7. The van der Waals surface area contributed by atoms with E-state index in [4.69, 9.17) is 9.47 Å². The summed E-state index contributed by atoms with van der Waals surface area (Å²) in [5.41, 5.74) is 0. The van der Waals surface area contributed by atoms with Crippen molar-refractivity contribution in [1.29, 1.82) is 0 Å². The molecule has 1 fully saturated rings. The second kappa shape index (κ2) is 39.1. The number of hydrogen-bond donors (Lipinski definition) is 6. The van der Waals surface area contributed by atoms with Gasteiger partial charge in [-0.25, -0.2) is 0 Å². The molecule has 9 nitrogen and oxygen atoms in total. The van der Waals surface area contributed by atoms with Crippen LogP contribution in [-0.4, -0.2) is 87.5 Å². The summed E-state index contributed by atoms with van der Waals surface area (Å²) >= 11 is 0. The topological polar surface area (TPSA) is 149 Å². The minimum Gasteiger partial charge on any atom is -0.394 e. The van der Waals surface area contributed by atoms with E-state index < -0.39 is 49.5 Å². The van der Waals surface area contributed by atoms with Crippen LogP contribution in [0.15, 0.2) is 12.2 Å². The molecule has 0 aromatic heterocycles. The van der Waals surface area contributed by atoms with Gasteiger partial charge in [0.25, 0.3) is 0 Å². The summed E-state index contributed by atoms with van der Waals surface area (Å²) in [4.78, 5) is 13.0. The Labute approximate surface area is 350 Å². The van der Waals surface area contributed by atoms with E-state index >= 15 is 0 Å². The van der Waals surface area contributed by atoms with E-state index in [2.05, 4.69) is 19.2 Å². The van der Waals surface area contributed by atoms with Crippen molar-refractivity contribution in [3.63, 3.8) is 0 Å². The number of hydrogen-bond acceptors (Lipinski definition) is 8. The van der Waals surface area contributed by atoms with Gasteiger partial charge < -0.3 is 40.3 Å². The lowest BCUT2D eigenvalue weighted by Gasteiger charge is -2.40. The maximum Gasteiger partial charge on any atom is 0.220 e. The highest BCUT2D eigenvalue weighted by molar-refractivity contribution is 5.76. The summed E-state index contributed by atoms with van der Waals surface area (Å²) in [6, 6.07) is -0.797. The van der Waals surface area contributed by atoms with Crippen LogP contribution in [0.1, 0.15) is 232 Å². The Kier molecular flexibility index (Phi) is 37.0. The molecule has 0 saturated carbocycles. The zero-order chi connectivity index (χ0) is 41.6. The third-order valence-corrected chi connectivity index (χ3v) is 11.9. The average Bonchev–Trinajstić information content (AvgIpc) is 3.21.